The van der Waals surface area contributed by atoms with Gasteiger partial charge >= 0.3 is 0 Å². The Labute approximate surface area is 163 Å². The highest BCUT2D eigenvalue weighted by atomic mass is 16.6. The maximum Gasteiger partial charge on any atom is 0.135 e. The zero-order valence-electron chi connectivity index (χ0n) is 16.5. The summed E-state index contributed by atoms with van der Waals surface area (Å²) in [7, 11) is 0. The van der Waals surface area contributed by atoms with Crippen LogP contribution in [0, 0.1) is 0 Å². The summed E-state index contributed by atoms with van der Waals surface area (Å²) in [5, 5.41) is 0. The minimum absolute atomic E-state index is 0.200. The Bertz CT molecular complexity index is 451. The molecular formula is C21H34O6. The van der Waals surface area contributed by atoms with Crippen molar-refractivity contribution in [2.24, 2.45) is 0 Å². The topological polar surface area (TPSA) is 63.2 Å². The number of benzene rings is 1. The van der Waals surface area contributed by atoms with Crippen molar-refractivity contribution in [2.45, 2.75) is 32.6 Å². The smallest absolute Gasteiger partial charge is 0.135 e. The standard InChI is InChI=1S/C21H34O6/c1-2-11-23-14-16-25-18-19-26-17-15-24-13-10-20(22)7-6-12-27-21-8-4-3-5-9-21/h3-5,8-9H,2,6-7,10-19H2,1H3. The Morgan fingerprint density at radius 3 is 1.85 bits per heavy atom. The van der Waals surface area contributed by atoms with Gasteiger partial charge in [-0.2, -0.15) is 0 Å². The van der Waals surface area contributed by atoms with E-state index in [1.54, 1.807) is 0 Å². The Morgan fingerprint density at radius 1 is 0.704 bits per heavy atom. The zero-order valence-corrected chi connectivity index (χ0v) is 16.5. The average Bonchev–Trinajstić information content (AvgIpc) is 2.69. The summed E-state index contributed by atoms with van der Waals surface area (Å²) in [6.07, 6.45) is 2.70. The van der Waals surface area contributed by atoms with Crippen molar-refractivity contribution in [3.8, 4) is 5.75 Å². The lowest BCUT2D eigenvalue weighted by Gasteiger charge is -2.07. The maximum absolute atomic E-state index is 11.8. The highest BCUT2D eigenvalue weighted by Gasteiger charge is 2.02. The number of hydrogen-bond donors (Lipinski definition) is 0. The van der Waals surface area contributed by atoms with E-state index in [0.29, 0.717) is 65.7 Å². The van der Waals surface area contributed by atoms with Gasteiger partial charge in [-0.3, -0.25) is 4.79 Å². The second-order valence-electron chi connectivity index (χ2n) is 6.00. The van der Waals surface area contributed by atoms with Crippen LogP contribution in [-0.2, 0) is 23.7 Å². The van der Waals surface area contributed by atoms with Crippen molar-refractivity contribution in [3.63, 3.8) is 0 Å². The highest BCUT2D eigenvalue weighted by Crippen LogP contribution is 2.09. The summed E-state index contributed by atoms with van der Waals surface area (Å²) < 4.78 is 27.0. The normalized spacial score (nSPS) is 10.9. The molecule has 0 saturated carbocycles. The Hall–Kier alpha value is -1.47. The van der Waals surface area contributed by atoms with E-state index in [1.807, 2.05) is 30.3 Å². The largest absolute Gasteiger partial charge is 0.494 e. The number of Topliss-reactive ketones (excluding diaryl/α,β-unsaturated/α-hetero) is 1. The molecule has 0 bridgehead atoms. The SMILES string of the molecule is CCCOCCOCCOCCOCCC(=O)CCCOc1ccccc1. The van der Waals surface area contributed by atoms with Crippen LogP contribution in [0.5, 0.6) is 5.75 Å². The molecule has 6 nitrogen and oxygen atoms in total. The fourth-order valence-electron chi connectivity index (χ4n) is 2.19. The van der Waals surface area contributed by atoms with Crippen LogP contribution in [0.2, 0.25) is 0 Å². The quantitative estimate of drug-likeness (QED) is 0.342. The van der Waals surface area contributed by atoms with Gasteiger partial charge in [0.05, 0.1) is 52.9 Å². The third-order valence-corrected chi connectivity index (χ3v) is 3.60. The van der Waals surface area contributed by atoms with Gasteiger partial charge in [0.1, 0.15) is 11.5 Å². The molecule has 1 rings (SSSR count). The maximum atomic E-state index is 11.8. The third-order valence-electron chi connectivity index (χ3n) is 3.60. The summed E-state index contributed by atoms with van der Waals surface area (Å²) in [4.78, 5) is 11.8. The summed E-state index contributed by atoms with van der Waals surface area (Å²) in [6.45, 7) is 7.16. The molecule has 0 saturated heterocycles. The van der Waals surface area contributed by atoms with E-state index in [-0.39, 0.29) is 5.78 Å². The zero-order chi connectivity index (χ0) is 19.4. The molecule has 0 amide bonds. The lowest BCUT2D eigenvalue weighted by molar-refractivity contribution is -0.120. The van der Waals surface area contributed by atoms with E-state index in [2.05, 4.69) is 6.92 Å². The minimum atomic E-state index is 0.200. The molecule has 0 N–H and O–H groups in total. The summed E-state index contributed by atoms with van der Waals surface area (Å²) in [5.74, 6) is 1.04. The summed E-state index contributed by atoms with van der Waals surface area (Å²) >= 11 is 0. The van der Waals surface area contributed by atoms with Gasteiger partial charge in [-0.15, -0.1) is 0 Å². The number of carbonyl (C=O) groups is 1. The fraction of sp³-hybridized carbons (Fsp3) is 0.667. The summed E-state index contributed by atoms with van der Waals surface area (Å²) in [6, 6.07) is 9.62. The molecule has 1 aromatic carbocycles. The number of ketones is 1. The molecule has 0 heterocycles. The monoisotopic (exact) mass is 382 g/mol. The van der Waals surface area contributed by atoms with Gasteiger partial charge in [0, 0.05) is 19.4 Å². The van der Waals surface area contributed by atoms with Crippen molar-refractivity contribution in [1.82, 2.24) is 0 Å². The second-order valence-corrected chi connectivity index (χ2v) is 6.00. The first-order valence-corrected chi connectivity index (χ1v) is 9.83. The first-order valence-electron chi connectivity index (χ1n) is 9.83. The molecule has 0 radical (unpaired) electrons. The van der Waals surface area contributed by atoms with E-state index < -0.39 is 0 Å². The lowest BCUT2D eigenvalue weighted by atomic mass is 10.2. The van der Waals surface area contributed by atoms with Crippen LogP contribution in [0.25, 0.3) is 0 Å². The van der Waals surface area contributed by atoms with Gasteiger partial charge in [0.25, 0.3) is 0 Å². The number of ether oxygens (including phenoxy) is 5. The Morgan fingerprint density at radius 2 is 1.26 bits per heavy atom. The lowest BCUT2D eigenvalue weighted by Crippen LogP contribution is -2.13. The summed E-state index contributed by atoms with van der Waals surface area (Å²) in [5.41, 5.74) is 0. The van der Waals surface area contributed by atoms with Crippen molar-refractivity contribution in [3.05, 3.63) is 30.3 Å². The van der Waals surface area contributed by atoms with E-state index in [9.17, 15) is 4.79 Å². The predicted molar refractivity (Wildman–Crippen MR) is 104 cm³/mol. The molecule has 0 atom stereocenters. The first-order chi connectivity index (χ1) is 13.3. The van der Waals surface area contributed by atoms with Crippen LogP contribution in [0.4, 0.5) is 0 Å². The average molecular weight is 382 g/mol. The van der Waals surface area contributed by atoms with Gasteiger partial charge < -0.3 is 23.7 Å². The van der Waals surface area contributed by atoms with E-state index in [1.165, 1.54) is 0 Å². The van der Waals surface area contributed by atoms with E-state index >= 15 is 0 Å². The molecule has 0 spiro atoms. The predicted octanol–water partition coefficient (Wildman–Crippen LogP) is 3.28. The van der Waals surface area contributed by atoms with Crippen molar-refractivity contribution >= 4 is 5.78 Å². The van der Waals surface area contributed by atoms with E-state index in [4.69, 9.17) is 23.7 Å². The molecule has 0 aromatic heterocycles. The van der Waals surface area contributed by atoms with Crippen LogP contribution in [0.3, 0.4) is 0 Å². The number of hydrogen-bond acceptors (Lipinski definition) is 6. The molecule has 27 heavy (non-hydrogen) atoms. The van der Waals surface area contributed by atoms with E-state index in [0.717, 1.165) is 25.2 Å². The van der Waals surface area contributed by atoms with Crippen LogP contribution >= 0.6 is 0 Å². The van der Waals surface area contributed by atoms with Crippen LogP contribution in [0.15, 0.2) is 30.3 Å². The van der Waals surface area contributed by atoms with Gasteiger partial charge in [-0.1, -0.05) is 25.1 Å². The molecule has 0 aliphatic carbocycles. The van der Waals surface area contributed by atoms with Gasteiger partial charge in [0.2, 0.25) is 0 Å². The Kier molecular flexibility index (Phi) is 15.6. The minimum Gasteiger partial charge on any atom is -0.494 e. The second kappa shape index (κ2) is 17.9. The number of carbonyl (C=O) groups excluding carboxylic acids is 1. The molecule has 0 aliphatic heterocycles. The van der Waals surface area contributed by atoms with Crippen molar-refractivity contribution in [2.75, 3.05) is 59.5 Å². The first kappa shape index (κ1) is 23.6. The van der Waals surface area contributed by atoms with Crippen molar-refractivity contribution in [1.29, 1.82) is 0 Å². The van der Waals surface area contributed by atoms with Crippen LogP contribution < -0.4 is 4.74 Å². The number of para-hydroxylation sites is 1. The van der Waals surface area contributed by atoms with Crippen LogP contribution in [-0.4, -0.2) is 65.2 Å². The molecule has 0 unspecified atom stereocenters. The molecule has 154 valence electrons. The molecule has 0 fully saturated rings. The molecule has 6 heteroatoms. The number of rotatable bonds is 19. The van der Waals surface area contributed by atoms with Gasteiger partial charge in [-0.25, -0.2) is 0 Å². The highest BCUT2D eigenvalue weighted by molar-refractivity contribution is 5.78. The fourth-order valence-corrected chi connectivity index (χ4v) is 2.19. The molecule has 1 aromatic rings. The van der Waals surface area contributed by atoms with Crippen molar-refractivity contribution < 1.29 is 28.5 Å². The molecular weight excluding hydrogens is 348 g/mol. The Balaban J connectivity index is 1.78. The van der Waals surface area contributed by atoms with Gasteiger partial charge in [0.15, 0.2) is 0 Å². The van der Waals surface area contributed by atoms with Crippen LogP contribution in [0.1, 0.15) is 32.6 Å². The van der Waals surface area contributed by atoms with Gasteiger partial charge in [-0.05, 0) is 25.0 Å². The molecule has 0 aliphatic rings. The third kappa shape index (κ3) is 15.3.